The summed E-state index contributed by atoms with van der Waals surface area (Å²) < 4.78 is 4.33. The second-order valence-electron chi connectivity index (χ2n) is 7.27. The average molecular weight is 366 g/mol. The van der Waals surface area contributed by atoms with E-state index >= 15 is 0 Å². The fourth-order valence-electron chi connectivity index (χ4n) is 4.08. The molecule has 2 aromatic heterocycles. The van der Waals surface area contributed by atoms with Crippen LogP contribution in [0.5, 0.6) is 0 Å². The standard InChI is InChI=1S/C24H22N4/c1-3-27-23-11-9-17(2)13-21(23)22-15-19(10-12-24(22)27)28-20(16-25-26-28)14-18-7-5-4-6-8-18/h4-13,15-16H,3,14H2,1-2H3. The van der Waals surface area contributed by atoms with E-state index in [0.717, 1.165) is 24.3 Å². The van der Waals surface area contributed by atoms with Gasteiger partial charge in [-0.15, -0.1) is 5.10 Å². The van der Waals surface area contributed by atoms with E-state index < -0.39 is 0 Å². The summed E-state index contributed by atoms with van der Waals surface area (Å²) >= 11 is 0. The van der Waals surface area contributed by atoms with Crippen molar-refractivity contribution in [2.24, 2.45) is 0 Å². The van der Waals surface area contributed by atoms with Crippen LogP contribution >= 0.6 is 0 Å². The third-order valence-corrected chi connectivity index (χ3v) is 5.41. The quantitative estimate of drug-likeness (QED) is 0.433. The van der Waals surface area contributed by atoms with Gasteiger partial charge in [-0.3, -0.25) is 0 Å². The Morgan fingerprint density at radius 3 is 2.39 bits per heavy atom. The van der Waals surface area contributed by atoms with Crippen molar-refractivity contribution < 1.29 is 0 Å². The number of benzene rings is 3. The fourth-order valence-corrected chi connectivity index (χ4v) is 4.08. The predicted octanol–water partition coefficient (Wildman–Crippen LogP) is 5.29. The van der Waals surface area contributed by atoms with E-state index in [1.807, 2.05) is 16.9 Å². The lowest BCUT2D eigenvalue weighted by Crippen LogP contribution is -2.03. The summed E-state index contributed by atoms with van der Waals surface area (Å²) in [7, 11) is 0. The van der Waals surface area contributed by atoms with Crippen molar-refractivity contribution in [2.75, 3.05) is 0 Å². The van der Waals surface area contributed by atoms with Gasteiger partial charge in [-0.25, -0.2) is 4.68 Å². The average Bonchev–Trinajstić information content (AvgIpc) is 3.30. The van der Waals surface area contributed by atoms with E-state index in [4.69, 9.17) is 0 Å². The summed E-state index contributed by atoms with van der Waals surface area (Å²) in [4.78, 5) is 0. The Hall–Kier alpha value is -3.40. The van der Waals surface area contributed by atoms with Gasteiger partial charge >= 0.3 is 0 Å². The second kappa shape index (κ2) is 6.64. The summed E-state index contributed by atoms with van der Waals surface area (Å²) in [6, 6.07) is 23.7. The number of hydrogen-bond donors (Lipinski definition) is 0. The minimum atomic E-state index is 0.807. The van der Waals surface area contributed by atoms with Gasteiger partial charge in [-0.2, -0.15) is 0 Å². The van der Waals surface area contributed by atoms with Crippen molar-refractivity contribution in [3.63, 3.8) is 0 Å². The molecule has 138 valence electrons. The number of fused-ring (bicyclic) bond motifs is 3. The molecule has 5 aromatic rings. The van der Waals surface area contributed by atoms with Crippen LogP contribution in [0.1, 0.15) is 23.7 Å². The maximum atomic E-state index is 4.37. The van der Waals surface area contributed by atoms with Crippen molar-refractivity contribution in [1.82, 2.24) is 19.6 Å². The van der Waals surface area contributed by atoms with Gasteiger partial charge in [0.25, 0.3) is 0 Å². The molecule has 0 aliphatic rings. The molecule has 0 bridgehead atoms. The van der Waals surface area contributed by atoms with Gasteiger partial charge < -0.3 is 4.57 Å². The molecule has 3 aromatic carbocycles. The zero-order chi connectivity index (χ0) is 19.1. The Morgan fingerprint density at radius 2 is 1.61 bits per heavy atom. The molecule has 0 spiro atoms. The Balaban J connectivity index is 1.66. The summed E-state index contributed by atoms with van der Waals surface area (Å²) in [5.74, 6) is 0. The van der Waals surface area contributed by atoms with Crippen LogP contribution in [0.25, 0.3) is 27.5 Å². The molecule has 4 nitrogen and oxygen atoms in total. The first-order valence-electron chi connectivity index (χ1n) is 9.71. The largest absolute Gasteiger partial charge is 0.341 e. The highest BCUT2D eigenvalue weighted by atomic mass is 15.4. The zero-order valence-electron chi connectivity index (χ0n) is 16.1. The highest BCUT2D eigenvalue weighted by Crippen LogP contribution is 2.31. The van der Waals surface area contributed by atoms with Crippen molar-refractivity contribution >= 4 is 21.8 Å². The molecule has 0 radical (unpaired) electrons. The Morgan fingerprint density at radius 1 is 0.857 bits per heavy atom. The molecule has 0 atom stereocenters. The molecular weight excluding hydrogens is 344 g/mol. The van der Waals surface area contributed by atoms with E-state index in [2.05, 4.69) is 89.4 Å². The van der Waals surface area contributed by atoms with Crippen molar-refractivity contribution in [3.05, 3.63) is 89.7 Å². The first kappa shape index (κ1) is 16.8. The molecule has 2 heterocycles. The fraction of sp³-hybridized carbons (Fsp3) is 0.167. The van der Waals surface area contributed by atoms with Crippen molar-refractivity contribution in [2.45, 2.75) is 26.8 Å². The molecule has 0 saturated carbocycles. The summed E-state index contributed by atoms with van der Waals surface area (Å²) in [6.45, 7) is 5.29. The molecule has 0 aliphatic heterocycles. The van der Waals surface area contributed by atoms with Crippen LogP contribution in [0, 0.1) is 6.92 Å². The van der Waals surface area contributed by atoms with Crippen LogP contribution < -0.4 is 0 Å². The highest BCUT2D eigenvalue weighted by molar-refractivity contribution is 6.08. The van der Waals surface area contributed by atoms with Crippen LogP contribution in [-0.2, 0) is 13.0 Å². The highest BCUT2D eigenvalue weighted by Gasteiger charge is 2.13. The minimum absolute atomic E-state index is 0.807. The van der Waals surface area contributed by atoms with Gasteiger partial charge in [-0.1, -0.05) is 47.2 Å². The number of aryl methyl sites for hydroxylation is 2. The van der Waals surface area contributed by atoms with Gasteiger partial charge in [0.2, 0.25) is 0 Å². The first-order valence-corrected chi connectivity index (χ1v) is 9.71. The van der Waals surface area contributed by atoms with Crippen LogP contribution in [0.2, 0.25) is 0 Å². The van der Waals surface area contributed by atoms with E-state index in [-0.39, 0.29) is 0 Å². The molecule has 0 unspecified atom stereocenters. The third kappa shape index (κ3) is 2.69. The van der Waals surface area contributed by atoms with Gasteiger partial charge in [0.15, 0.2) is 0 Å². The molecule has 5 rings (SSSR count). The smallest absolute Gasteiger partial charge is 0.0733 e. The maximum absolute atomic E-state index is 4.37. The zero-order valence-corrected chi connectivity index (χ0v) is 16.1. The van der Waals surface area contributed by atoms with Gasteiger partial charge in [0, 0.05) is 34.8 Å². The van der Waals surface area contributed by atoms with Gasteiger partial charge in [0.05, 0.1) is 17.6 Å². The molecular formula is C24H22N4. The minimum Gasteiger partial charge on any atom is -0.341 e. The molecule has 0 aliphatic carbocycles. The van der Waals surface area contributed by atoms with Crippen LogP contribution in [0.3, 0.4) is 0 Å². The Labute approximate surface area is 164 Å². The number of hydrogen-bond acceptors (Lipinski definition) is 2. The maximum Gasteiger partial charge on any atom is 0.0733 e. The van der Waals surface area contributed by atoms with Crippen molar-refractivity contribution in [1.29, 1.82) is 0 Å². The van der Waals surface area contributed by atoms with Crippen molar-refractivity contribution in [3.8, 4) is 5.69 Å². The van der Waals surface area contributed by atoms with Crippen LogP contribution in [0.15, 0.2) is 72.9 Å². The number of nitrogens with zero attached hydrogens (tertiary/aromatic N) is 4. The van der Waals surface area contributed by atoms with Gasteiger partial charge in [0.1, 0.15) is 0 Å². The number of aromatic nitrogens is 4. The second-order valence-corrected chi connectivity index (χ2v) is 7.27. The summed E-state index contributed by atoms with van der Waals surface area (Å²) in [5.41, 5.74) is 7.21. The van der Waals surface area contributed by atoms with Crippen LogP contribution in [-0.4, -0.2) is 19.6 Å². The molecule has 0 amide bonds. The third-order valence-electron chi connectivity index (χ3n) is 5.41. The van der Waals surface area contributed by atoms with E-state index in [0.29, 0.717) is 0 Å². The predicted molar refractivity (Wildman–Crippen MR) is 114 cm³/mol. The lowest BCUT2D eigenvalue weighted by Gasteiger charge is -2.08. The Bertz CT molecular complexity index is 1280. The molecule has 0 fully saturated rings. The Kier molecular flexibility index (Phi) is 3.97. The first-order chi connectivity index (χ1) is 13.7. The number of rotatable bonds is 4. The van der Waals surface area contributed by atoms with E-state index in [9.17, 15) is 0 Å². The lowest BCUT2D eigenvalue weighted by atomic mass is 10.1. The van der Waals surface area contributed by atoms with Gasteiger partial charge in [-0.05, 0) is 49.7 Å². The van der Waals surface area contributed by atoms with E-state index in [1.54, 1.807) is 0 Å². The van der Waals surface area contributed by atoms with E-state index in [1.165, 1.54) is 32.9 Å². The molecule has 0 N–H and O–H groups in total. The summed E-state index contributed by atoms with van der Waals surface area (Å²) in [6.07, 6.45) is 2.67. The summed E-state index contributed by atoms with van der Waals surface area (Å²) in [5, 5.41) is 11.1. The molecule has 4 heteroatoms. The van der Waals surface area contributed by atoms with Crippen LogP contribution in [0.4, 0.5) is 0 Å². The lowest BCUT2D eigenvalue weighted by molar-refractivity contribution is 0.773. The molecule has 0 saturated heterocycles. The SMILES string of the molecule is CCn1c2ccc(C)cc2c2cc(-n3nncc3Cc3ccccc3)ccc21. The topological polar surface area (TPSA) is 35.6 Å². The monoisotopic (exact) mass is 366 g/mol. The molecule has 28 heavy (non-hydrogen) atoms. The normalized spacial score (nSPS) is 11.5.